The number of aryl methyl sites for hydroxylation is 4. The third-order valence-corrected chi connectivity index (χ3v) is 8.32. The summed E-state index contributed by atoms with van der Waals surface area (Å²) in [4.78, 5) is 11.3. The highest BCUT2D eigenvalue weighted by Gasteiger charge is 2.21. The molecule has 0 fully saturated rings. The molecule has 0 amide bonds. The molecule has 5 rings (SSSR count). The van der Waals surface area contributed by atoms with Gasteiger partial charge in [0.15, 0.2) is 0 Å². The van der Waals surface area contributed by atoms with E-state index < -0.39 is 0 Å². The molecule has 0 unspecified atom stereocenters. The predicted molar refractivity (Wildman–Crippen MR) is 167 cm³/mol. The molecular formula is C36H44N2. The fourth-order valence-electron chi connectivity index (χ4n) is 6.23. The van der Waals surface area contributed by atoms with E-state index in [4.69, 9.17) is 9.97 Å². The van der Waals surface area contributed by atoms with Gasteiger partial charge >= 0.3 is 0 Å². The Balaban J connectivity index is 1.96. The Labute approximate surface area is 228 Å². The molecule has 2 heteroatoms. The Hall–Kier alpha value is -3.00. The molecule has 0 N–H and O–H groups in total. The molecule has 1 aromatic heterocycles. The first-order chi connectivity index (χ1) is 18.7. The normalized spacial score (nSPS) is 11.9. The molecule has 0 aliphatic heterocycles. The Kier molecular flexibility index (Phi) is 8.57. The summed E-state index contributed by atoms with van der Waals surface area (Å²) in [5.41, 5.74) is 10.2. The summed E-state index contributed by atoms with van der Waals surface area (Å²) >= 11 is 0. The molecule has 0 saturated carbocycles. The van der Waals surface area contributed by atoms with E-state index in [0.29, 0.717) is 0 Å². The topological polar surface area (TPSA) is 25.8 Å². The molecule has 0 atom stereocenters. The molecule has 0 aliphatic carbocycles. The van der Waals surface area contributed by atoms with E-state index in [-0.39, 0.29) is 0 Å². The Morgan fingerprint density at radius 1 is 0.395 bits per heavy atom. The summed E-state index contributed by atoms with van der Waals surface area (Å²) in [6, 6.07) is 18.1. The van der Waals surface area contributed by atoms with Crippen LogP contribution in [0.15, 0.2) is 48.5 Å². The zero-order valence-electron chi connectivity index (χ0n) is 24.0. The van der Waals surface area contributed by atoms with Crippen molar-refractivity contribution in [3.8, 4) is 0 Å². The Bertz CT molecular complexity index is 1330. The average molecular weight is 505 g/mol. The van der Waals surface area contributed by atoms with Gasteiger partial charge in [-0.25, -0.2) is 9.97 Å². The zero-order chi connectivity index (χ0) is 26.5. The molecule has 38 heavy (non-hydrogen) atoms. The summed E-state index contributed by atoms with van der Waals surface area (Å²) < 4.78 is 0. The van der Waals surface area contributed by atoms with Crippen molar-refractivity contribution in [2.45, 2.75) is 105 Å². The van der Waals surface area contributed by atoms with Gasteiger partial charge in [-0.3, -0.25) is 0 Å². The molecule has 2 nitrogen and oxygen atoms in total. The minimum absolute atomic E-state index is 1.06. The fraction of sp³-hybridized carbons (Fsp3) is 0.444. The first kappa shape index (κ1) is 26.6. The lowest BCUT2D eigenvalue weighted by Crippen LogP contribution is -2.05. The maximum absolute atomic E-state index is 5.66. The summed E-state index contributed by atoms with van der Waals surface area (Å²) in [6.07, 6.45) is 13.7. The predicted octanol–water partition coefficient (Wildman–Crippen LogP) is 10.5. The lowest BCUT2D eigenvalue weighted by atomic mass is 9.89. The van der Waals surface area contributed by atoms with Crippen LogP contribution in [0.5, 0.6) is 0 Å². The zero-order valence-corrected chi connectivity index (χ0v) is 24.0. The molecule has 0 aliphatic rings. The van der Waals surface area contributed by atoms with Gasteiger partial charge < -0.3 is 0 Å². The average Bonchev–Trinajstić information content (AvgIpc) is 2.95. The quantitative estimate of drug-likeness (QED) is 0.158. The van der Waals surface area contributed by atoms with E-state index in [1.54, 1.807) is 0 Å². The molecule has 1 heterocycles. The molecule has 4 aromatic carbocycles. The van der Waals surface area contributed by atoms with Crippen LogP contribution in [0.3, 0.4) is 0 Å². The summed E-state index contributed by atoms with van der Waals surface area (Å²) in [5.74, 6) is 0. The van der Waals surface area contributed by atoms with Crippen molar-refractivity contribution in [1.29, 1.82) is 0 Å². The van der Waals surface area contributed by atoms with Crippen LogP contribution in [0.1, 0.15) is 101 Å². The molecule has 0 radical (unpaired) electrons. The van der Waals surface area contributed by atoms with Crippen LogP contribution >= 0.6 is 0 Å². The second-order valence-corrected chi connectivity index (χ2v) is 11.0. The monoisotopic (exact) mass is 504 g/mol. The highest BCUT2D eigenvalue weighted by atomic mass is 14.8. The van der Waals surface area contributed by atoms with E-state index in [1.165, 1.54) is 95.2 Å². The van der Waals surface area contributed by atoms with Crippen molar-refractivity contribution in [1.82, 2.24) is 9.97 Å². The smallest absolute Gasteiger partial charge is 0.0935 e. The third-order valence-electron chi connectivity index (χ3n) is 8.32. The molecule has 0 spiro atoms. The van der Waals surface area contributed by atoms with Gasteiger partial charge in [0.25, 0.3) is 0 Å². The van der Waals surface area contributed by atoms with Crippen LogP contribution in [-0.2, 0) is 25.7 Å². The second-order valence-electron chi connectivity index (χ2n) is 11.0. The fourth-order valence-corrected chi connectivity index (χ4v) is 6.23. The van der Waals surface area contributed by atoms with Gasteiger partial charge in [0.1, 0.15) is 0 Å². The molecule has 5 aromatic rings. The van der Waals surface area contributed by atoms with Crippen molar-refractivity contribution in [2.75, 3.05) is 0 Å². The maximum Gasteiger partial charge on any atom is 0.0935 e. The van der Waals surface area contributed by atoms with Gasteiger partial charge in [-0.15, -0.1) is 0 Å². The Morgan fingerprint density at radius 2 is 0.632 bits per heavy atom. The van der Waals surface area contributed by atoms with Crippen molar-refractivity contribution < 1.29 is 0 Å². The van der Waals surface area contributed by atoms with E-state index in [0.717, 1.165) is 47.8 Å². The van der Waals surface area contributed by atoms with Crippen LogP contribution < -0.4 is 0 Å². The molecular weight excluding hydrogens is 460 g/mol. The van der Waals surface area contributed by atoms with Crippen molar-refractivity contribution >= 4 is 43.6 Å². The number of nitrogens with zero attached hydrogens (tertiary/aromatic N) is 2. The first-order valence-electron chi connectivity index (χ1n) is 15.3. The molecule has 0 saturated heterocycles. The van der Waals surface area contributed by atoms with Crippen molar-refractivity contribution in [2.24, 2.45) is 0 Å². The van der Waals surface area contributed by atoms with E-state index >= 15 is 0 Å². The van der Waals surface area contributed by atoms with Crippen molar-refractivity contribution in [3.63, 3.8) is 0 Å². The lowest BCUT2D eigenvalue weighted by Gasteiger charge is -2.20. The van der Waals surface area contributed by atoms with Crippen LogP contribution in [0.2, 0.25) is 0 Å². The van der Waals surface area contributed by atoms with Gasteiger partial charge in [0, 0.05) is 0 Å². The second kappa shape index (κ2) is 12.2. The summed E-state index contributed by atoms with van der Waals surface area (Å²) in [7, 11) is 0. The van der Waals surface area contributed by atoms with Crippen molar-refractivity contribution in [3.05, 3.63) is 70.8 Å². The number of benzene rings is 4. The highest BCUT2D eigenvalue weighted by Crippen LogP contribution is 2.38. The van der Waals surface area contributed by atoms with Gasteiger partial charge in [-0.05, 0) is 95.2 Å². The van der Waals surface area contributed by atoms with Gasteiger partial charge in [0.2, 0.25) is 0 Å². The van der Waals surface area contributed by atoms with Gasteiger partial charge in [-0.1, -0.05) is 102 Å². The van der Waals surface area contributed by atoms with Crippen LogP contribution in [0.25, 0.3) is 43.6 Å². The standard InChI is InChI=1S/C36H44N2/c1-5-9-17-29-25-21-13-14-22-26(25)30(18-10-6-2)34-33(29)37-35-31(19-11-7-3)27-23-15-16-24-28(27)32(20-12-8-4)36(35)38-34/h13-16,21-24H,5-12,17-20H2,1-4H3. The first-order valence-corrected chi connectivity index (χ1v) is 15.3. The molecule has 198 valence electrons. The number of aromatic nitrogens is 2. The largest absolute Gasteiger partial charge is 0.244 e. The summed E-state index contributed by atoms with van der Waals surface area (Å²) in [6.45, 7) is 9.15. The number of rotatable bonds is 12. The number of fused-ring (bicyclic) bond motifs is 4. The Morgan fingerprint density at radius 3 is 0.842 bits per heavy atom. The maximum atomic E-state index is 5.66. The SMILES string of the molecule is CCCCc1c2ccccc2c(CCCC)c2nc3c(CCCC)c4ccccc4c(CCCC)c3nc12. The third kappa shape index (κ3) is 4.91. The van der Waals surface area contributed by atoms with Crippen LogP contribution in [-0.4, -0.2) is 9.97 Å². The van der Waals surface area contributed by atoms with E-state index in [1.807, 2.05) is 0 Å². The summed E-state index contributed by atoms with van der Waals surface area (Å²) in [5, 5.41) is 5.54. The number of hydrogen-bond acceptors (Lipinski definition) is 2. The van der Waals surface area contributed by atoms with E-state index in [9.17, 15) is 0 Å². The van der Waals surface area contributed by atoms with Gasteiger partial charge in [0.05, 0.1) is 22.1 Å². The lowest BCUT2D eigenvalue weighted by molar-refractivity contribution is 0.792. The minimum atomic E-state index is 1.06. The van der Waals surface area contributed by atoms with E-state index in [2.05, 4.69) is 76.2 Å². The molecule has 0 bridgehead atoms. The van der Waals surface area contributed by atoms with Crippen LogP contribution in [0, 0.1) is 0 Å². The number of unbranched alkanes of at least 4 members (excludes halogenated alkanes) is 4. The van der Waals surface area contributed by atoms with Gasteiger partial charge in [-0.2, -0.15) is 0 Å². The minimum Gasteiger partial charge on any atom is -0.244 e. The highest BCUT2D eigenvalue weighted by molar-refractivity contribution is 6.09. The van der Waals surface area contributed by atoms with Crippen LogP contribution in [0.4, 0.5) is 0 Å². The number of hydrogen-bond donors (Lipinski definition) is 0.